The minimum atomic E-state index is -0.0715. The number of anilines is 1. The first-order valence-electron chi connectivity index (χ1n) is 5.86. The highest BCUT2D eigenvalue weighted by Gasteiger charge is 2.33. The second kappa shape index (κ2) is 5.40. The van der Waals surface area contributed by atoms with E-state index in [1.165, 1.54) is 0 Å². The van der Waals surface area contributed by atoms with Crippen LogP contribution in [0.15, 0.2) is 22.7 Å². The molecule has 0 saturated heterocycles. The standard InChI is InChI=1S/C13H14BrN3O/c14-9-2-5-11(12(16)8-9)13(18)17(7-1-6-15)10-3-4-10/h2,5,8,10H,1,3-4,7,16H2. The van der Waals surface area contributed by atoms with Gasteiger partial charge in [0.15, 0.2) is 0 Å². The molecule has 0 aliphatic heterocycles. The predicted molar refractivity (Wildman–Crippen MR) is 72.8 cm³/mol. The maximum absolute atomic E-state index is 12.4. The molecule has 94 valence electrons. The molecule has 1 amide bonds. The van der Waals surface area contributed by atoms with Crippen LogP contribution >= 0.6 is 15.9 Å². The van der Waals surface area contributed by atoms with Gasteiger partial charge in [-0.3, -0.25) is 4.79 Å². The summed E-state index contributed by atoms with van der Waals surface area (Å²) in [6.07, 6.45) is 2.40. The fourth-order valence-electron chi connectivity index (χ4n) is 1.89. The lowest BCUT2D eigenvalue weighted by molar-refractivity contribution is 0.0748. The summed E-state index contributed by atoms with van der Waals surface area (Å²) in [5.74, 6) is -0.0715. The van der Waals surface area contributed by atoms with Gasteiger partial charge in [-0.1, -0.05) is 15.9 Å². The van der Waals surface area contributed by atoms with Crippen molar-refractivity contribution in [3.63, 3.8) is 0 Å². The van der Waals surface area contributed by atoms with Crippen LogP contribution in [0.25, 0.3) is 0 Å². The number of rotatable bonds is 4. The molecule has 0 radical (unpaired) electrons. The Morgan fingerprint density at radius 2 is 2.28 bits per heavy atom. The van der Waals surface area contributed by atoms with E-state index in [-0.39, 0.29) is 11.9 Å². The maximum Gasteiger partial charge on any atom is 0.256 e. The number of carbonyl (C=O) groups excluding carboxylic acids is 1. The summed E-state index contributed by atoms with van der Waals surface area (Å²) in [5, 5.41) is 8.64. The van der Waals surface area contributed by atoms with E-state index >= 15 is 0 Å². The Kier molecular flexibility index (Phi) is 3.87. The Morgan fingerprint density at radius 1 is 1.56 bits per heavy atom. The topological polar surface area (TPSA) is 70.1 Å². The van der Waals surface area contributed by atoms with Crippen molar-refractivity contribution in [3.05, 3.63) is 28.2 Å². The Balaban J connectivity index is 2.19. The number of amides is 1. The van der Waals surface area contributed by atoms with Gasteiger partial charge in [0.1, 0.15) is 0 Å². The maximum atomic E-state index is 12.4. The molecule has 0 atom stereocenters. The molecule has 1 aromatic carbocycles. The Labute approximate surface area is 115 Å². The second-order valence-corrected chi connectivity index (χ2v) is 5.29. The summed E-state index contributed by atoms with van der Waals surface area (Å²) in [4.78, 5) is 14.2. The number of hydrogen-bond donors (Lipinski definition) is 1. The lowest BCUT2D eigenvalue weighted by Gasteiger charge is -2.22. The van der Waals surface area contributed by atoms with E-state index in [1.54, 1.807) is 23.1 Å². The largest absolute Gasteiger partial charge is 0.398 e. The van der Waals surface area contributed by atoms with Gasteiger partial charge in [0.2, 0.25) is 0 Å². The minimum Gasteiger partial charge on any atom is -0.398 e. The number of carbonyl (C=O) groups is 1. The van der Waals surface area contributed by atoms with Gasteiger partial charge in [-0.25, -0.2) is 0 Å². The first-order chi connectivity index (χ1) is 8.63. The molecule has 4 nitrogen and oxygen atoms in total. The Morgan fingerprint density at radius 3 is 2.83 bits per heavy atom. The monoisotopic (exact) mass is 307 g/mol. The molecular formula is C13H14BrN3O. The predicted octanol–water partition coefficient (Wildman–Crippen LogP) is 2.55. The van der Waals surface area contributed by atoms with Gasteiger partial charge >= 0.3 is 0 Å². The zero-order chi connectivity index (χ0) is 13.1. The molecule has 1 aliphatic carbocycles. The highest BCUT2D eigenvalue weighted by molar-refractivity contribution is 9.10. The Hall–Kier alpha value is -1.54. The summed E-state index contributed by atoms with van der Waals surface area (Å²) in [7, 11) is 0. The number of nitriles is 1. The number of nitrogens with zero attached hydrogens (tertiary/aromatic N) is 2. The molecule has 0 unspecified atom stereocenters. The van der Waals surface area contributed by atoms with Crippen molar-refractivity contribution >= 4 is 27.5 Å². The van der Waals surface area contributed by atoms with E-state index in [4.69, 9.17) is 11.0 Å². The van der Waals surface area contributed by atoms with E-state index in [1.807, 2.05) is 0 Å². The minimum absolute atomic E-state index is 0.0715. The average molecular weight is 308 g/mol. The van der Waals surface area contributed by atoms with Gasteiger partial charge in [0.05, 0.1) is 18.1 Å². The molecule has 5 heteroatoms. The van der Waals surface area contributed by atoms with Crippen LogP contribution in [-0.4, -0.2) is 23.4 Å². The molecule has 0 spiro atoms. The van der Waals surface area contributed by atoms with E-state index < -0.39 is 0 Å². The summed E-state index contributed by atoms with van der Waals surface area (Å²) >= 11 is 3.32. The van der Waals surface area contributed by atoms with Crippen LogP contribution < -0.4 is 5.73 Å². The van der Waals surface area contributed by atoms with E-state index in [2.05, 4.69) is 22.0 Å². The zero-order valence-corrected chi connectivity index (χ0v) is 11.5. The van der Waals surface area contributed by atoms with Gasteiger partial charge in [0.25, 0.3) is 5.91 Å². The van der Waals surface area contributed by atoms with Gasteiger partial charge < -0.3 is 10.6 Å². The molecule has 1 aliphatic rings. The van der Waals surface area contributed by atoms with Crippen LogP contribution in [0.3, 0.4) is 0 Å². The average Bonchev–Trinajstić information content (AvgIpc) is 3.13. The molecule has 2 N–H and O–H groups in total. The molecule has 1 aromatic rings. The lowest BCUT2D eigenvalue weighted by Crippen LogP contribution is -2.34. The SMILES string of the molecule is N#CCCN(C(=O)c1ccc(Br)cc1N)C1CC1. The van der Waals surface area contributed by atoms with Crippen molar-refractivity contribution in [2.24, 2.45) is 0 Å². The summed E-state index contributed by atoms with van der Waals surface area (Å²) < 4.78 is 0.853. The smallest absolute Gasteiger partial charge is 0.256 e. The summed E-state index contributed by atoms with van der Waals surface area (Å²) in [6.45, 7) is 0.482. The third-order valence-corrected chi connectivity index (χ3v) is 3.45. The number of nitrogen functional groups attached to an aromatic ring is 1. The van der Waals surface area contributed by atoms with Crippen LogP contribution in [0.4, 0.5) is 5.69 Å². The first-order valence-corrected chi connectivity index (χ1v) is 6.65. The third-order valence-electron chi connectivity index (χ3n) is 2.96. The quantitative estimate of drug-likeness (QED) is 0.869. The van der Waals surface area contributed by atoms with Crippen molar-refractivity contribution in [2.75, 3.05) is 12.3 Å². The van der Waals surface area contributed by atoms with Crippen LogP contribution in [0.1, 0.15) is 29.6 Å². The van der Waals surface area contributed by atoms with Crippen LogP contribution in [0, 0.1) is 11.3 Å². The molecule has 1 fully saturated rings. The van der Waals surface area contributed by atoms with E-state index in [0.717, 1.165) is 17.3 Å². The first kappa shape index (κ1) is 12.9. The van der Waals surface area contributed by atoms with Crippen LogP contribution in [0.5, 0.6) is 0 Å². The van der Waals surface area contributed by atoms with Gasteiger partial charge in [-0.2, -0.15) is 5.26 Å². The highest BCUT2D eigenvalue weighted by atomic mass is 79.9. The molecule has 1 saturated carbocycles. The van der Waals surface area contributed by atoms with Crippen LogP contribution in [0.2, 0.25) is 0 Å². The second-order valence-electron chi connectivity index (χ2n) is 4.37. The molecule has 0 heterocycles. The third kappa shape index (κ3) is 2.82. The van der Waals surface area contributed by atoms with Gasteiger partial charge in [0, 0.05) is 22.7 Å². The normalized spacial score (nSPS) is 14.0. The fourth-order valence-corrected chi connectivity index (χ4v) is 2.27. The zero-order valence-electron chi connectivity index (χ0n) is 9.90. The molecule has 18 heavy (non-hydrogen) atoms. The van der Waals surface area contributed by atoms with Gasteiger partial charge in [-0.05, 0) is 31.0 Å². The highest BCUT2D eigenvalue weighted by Crippen LogP contribution is 2.30. The van der Waals surface area contributed by atoms with Gasteiger partial charge in [-0.15, -0.1) is 0 Å². The summed E-state index contributed by atoms with van der Waals surface area (Å²) in [6, 6.07) is 7.62. The lowest BCUT2D eigenvalue weighted by atomic mass is 10.1. The van der Waals surface area contributed by atoms with Crippen molar-refractivity contribution in [1.29, 1.82) is 5.26 Å². The van der Waals surface area contributed by atoms with Crippen molar-refractivity contribution in [3.8, 4) is 6.07 Å². The molecule has 0 aromatic heterocycles. The Bertz CT molecular complexity index is 505. The van der Waals surface area contributed by atoms with Crippen molar-refractivity contribution in [2.45, 2.75) is 25.3 Å². The van der Waals surface area contributed by atoms with E-state index in [0.29, 0.717) is 24.2 Å². The molecule has 2 rings (SSSR count). The van der Waals surface area contributed by atoms with Crippen LogP contribution in [-0.2, 0) is 0 Å². The van der Waals surface area contributed by atoms with E-state index in [9.17, 15) is 4.79 Å². The molecular weight excluding hydrogens is 294 g/mol. The number of hydrogen-bond acceptors (Lipinski definition) is 3. The summed E-state index contributed by atoms with van der Waals surface area (Å²) in [5.41, 5.74) is 6.85. The van der Waals surface area contributed by atoms with Crippen molar-refractivity contribution in [1.82, 2.24) is 4.90 Å². The van der Waals surface area contributed by atoms with Crippen molar-refractivity contribution < 1.29 is 4.79 Å². The number of benzene rings is 1. The molecule has 0 bridgehead atoms. The fraction of sp³-hybridized carbons (Fsp3) is 0.385. The number of nitrogens with two attached hydrogens (primary N) is 1. The number of halogens is 1.